The molecule has 2 N–H and O–H groups in total. The van der Waals surface area contributed by atoms with Gasteiger partial charge in [-0.25, -0.2) is 8.78 Å². The van der Waals surface area contributed by atoms with Crippen LogP contribution in [-0.2, 0) is 4.79 Å². The van der Waals surface area contributed by atoms with Crippen molar-refractivity contribution >= 4 is 5.91 Å². The molecule has 0 radical (unpaired) electrons. The maximum absolute atomic E-state index is 13.0. The van der Waals surface area contributed by atoms with Crippen LogP contribution in [0, 0.1) is 5.92 Å². The van der Waals surface area contributed by atoms with Crippen LogP contribution in [0.3, 0.4) is 0 Å². The number of hydrogen-bond donors (Lipinski definition) is 2. The van der Waals surface area contributed by atoms with Crippen molar-refractivity contribution in [2.45, 2.75) is 69.4 Å². The number of halogens is 2. The Kier molecular flexibility index (Phi) is 4.76. The van der Waals surface area contributed by atoms with Crippen LogP contribution in [-0.4, -0.2) is 31.0 Å². The molecule has 19 heavy (non-hydrogen) atoms. The molecule has 0 aromatic heterocycles. The Bertz CT molecular complexity index is 305. The summed E-state index contributed by atoms with van der Waals surface area (Å²) in [6, 6.07) is 0.793. The molecule has 110 valence electrons. The molecule has 0 bridgehead atoms. The highest BCUT2D eigenvalue weighted by Crippen LogP contribution is 2.36. The van der Waals surface area contributed by atoms with Crippen LogP contribution in [0.2, 0.25) is 0 Å². The van der Waals surface area contributed by atoms with Crippen molar-refractivity contribution in [1.82, 2.24) is 10.6 Å². The Morgan fingerprint density at radius 1 is 1.00 bits per heavy atom. The lowest BCUT2D eigenvalue weighted by atomic mass is 9.85. The van der Waals surface area contributed by atoms with E-state index in [1.165, 1.54) is 0 Å². The molecule has 0 atom stereocenters. The Morgan fingerprint density at radius 2 is 1.53 bits per heavy atom. The first-order valence-electron chi connectivity index (χ1n) is 7.35. The smallest absolute Gasteiger partial charge is 0.248 e. The van der Waals surface area contributed by atoms with Crippen molar-refractivity contribution in [3.8, 4) is 0 Å². The van der Waals surface area contributed by atoms with Crippen LogP contribution in [0.4, 0.5) is 8.78 Å². The highest BCUT2D eigenvalue weighted by molar-refractivity contribution is 5.79. The van der Waals surface area contributed by atoms with Gasteiger partial charge in [-0.3, -0.25) is 4.79 Å². The van der Waals surface area contributed by atoms with Crippen LogP contribution < -0.4 is 10.6 Å². The van der Waals surface area contributed by atoms with Gasteiger partial charge in [-0.05, 0) is 45.6 Å². The standard InChI is InChI=1S/C14H24F2N2O/c1-17-11-2-4-12(5-3-11)18-13(19)10-6-8-14(15,16)9-7-10/h10-12,17H,2-9H2,1H3,(H,18,19). The third kappa shape index (κ3) is 4.13. The van der Waals surface area contributed by atoms with Gasteiger partial charge in [0.05, 0.1) is 0 Å². The van der Waals surface area contributed by atoms with E-state index >= 15 is 0 Å². The minimum atomic E-state index is -2.55. The van der Waals surface area contributed by atoms with E-state index in [4.69, 9.17) is 0 Å². The molecule has 0 aliphatic heterocycles. The first-order chi connectivity index (χ1) is 9.00. The van der Waals surface area contributed by atoms with Gasteiger partial charge in [0.25, 0.3) is 0 Å². The second-order valence-corrected chi connectivity index (χ2v) is 5.98. The summed E-state index contributed by atoms with van der Waals surface area (Å²) < 4.78 is 26.1. The molecule has 3 nitrogen and oxygen atoms in total. The molecule has 0 unspecified atom stereocenters. The van der Waals surface area contributed by atoms with Crippen molar-refractivity contribution < 1.29 is 13.6 Å². The lowest BCUT2D eigenvalue weighted by Crippen LogP contribution is -2.44. The SMILES string of the molecule is CNC1CCC(NC(=O)C2CCC(F)(F)CC2)CC1. The number of hydrogen-bond acceptors (Lipinski definition) is 2. The monoisotopic (exact) mass is 274 g/mol. The summed E-state index contributed by atoms with van der Waals surface area (Å²) in [6.07, 6.45) is 4.49. The van der Waals surface area contributed by atoms with E-state index in [-0.39, 0.29) is 30.7 Å². The molecule has 2 aliphatic carbocycles. The first kappa shape index (κ1) is 14.7. The number of nitrogens with one attached hydrogen (secondary N) is 2. The largest absolute Gasteiger partial charge is 0.353 e. The molecule has 2 saturated carbocycles. The Hall–Kier alpha value is -0.710. The third-order valence-electron chi connectivity index (χ3n) is 4.57. The molecular weight excluding hydrogens is 250 g/mol. The summed E-state index contributed by atoms with van der Waals surface area (Å²) in [7, 11) is 1.96. The Morgan fingerprint density at radius 3 is 2.05 bits per heavy atom. The van der Waals surface area contributed by atoms with Gasteiger partial charge in [-0.15, -0.1) is 0 Å². The normalized spacial score (nSPS) is 31.9. The summed E-state index contributed by atoms with van der Waals surface area (Å²) in [5.74, 6) is -2.77. The minimum Gasteiger partial charge on any atom is -0.353 e. The topological polar surface area (TPSA) is 41.1 Å². The summed E-state index contributed by atoms with van der Waals surface area (Å²) in [5, 5.41) is 6.30. The Balaban J connectivity index is 1.73. The molecule has 0 heterocycles. The maximum atomic E-state index is 13.0. The predicted octanol–water partition coefficient (Wildman–Crippen LogP) is 2.46. The van der Waals surface area contributed by atoms with Gasteiger partial charge in [0.2, 0.25) is 11.8 Å². The molecule has 2 rings (SSSR count). The van der Waals surface area contributed by atoms with Gasteiger partial charge < -0.3 is 10.6 Å². The first-order valence-corrected chi connectivity index (χ1v) is 7.35. The van der Waals surface area contributed by atoms with Gasteiger partial charge in [0, 0.05) is 30.8 Å². The molecule has 5 heteroatoms. The van der Waals surface area contributed by atoms with E-state index in [0.717, 1.165) is 25.7 Å². The van der Waals surface area contributed by atoms with Crippen molar-refractivity contribution in [3.05, 3.63) is 0 Å². The van der Waals surface area contributed by atoms with Crippen LogP contribution in [0.25, 0.3) is 0 Å². The van der Waals surface area contributed by atoms with Crippen LogP contribution >= 0.6 is 0 Å². The zero-order valence-electron chi connectivity index (χ0n) is 11.6. The van der Waals surface area contributed by atoms with Gasteiger partial charge in [0.1, 0.15) is 0 Å². The molecule has 0 saturated heterocycles. The average Bonchev–Trinajstić information content (AvgIpc) is 2.39. The van der Waals surface area contributed by atoms with E-state index in [9.17, 15) is 13.6 Å². The fourth-order valence-electron chi connectivity index (χ4n) is 3.15. The van der Waals surface area contributed by atoms with Gasteiger partial charge in [-0.1, -0.05) is 0 Å². The van der Waals surface area contributed by atoms with Gasteiger partial charge >= 0.3 is 0 Å². The molecule has 0 aromatic rings. The number of carbonyl (C=O) groups is 1. The second kappa shape index (κ2) is 6.16. The zero-order valence-corrected chi connectivity index (χ0v) is 11.6. The number of rotatable bonds is 3. The van der Waals surface area contributed by atoms with Crippen LogP contribution in [0.15, 0.2) is 0 Å². The molecular formula is C14H24F2N2O. The predicted molar refractivity (Wildman–Crippen MR) is 70.2 cm³/mol. The average molecular weight is 274 g/mol. The van der Waals surface area contributed by atoms with E-state index in [2.05, 4.69) is 10.6 Å². The molecule has 0 aromatic carbocycles. The number of carbonyl (C=O) groups excluding carboxylic acids is 1. The fourth-order valence-corrected chi connectivity index (χ4v) is 3.15. The van der Waals surface area contributed by atoms with E-state index in [0.29, 0.717) is 18.9 Å². The highest BCUT2D eigenvalue weighted by Gasteiger charge is 2.37. The summed E-state index contributed by atoms with van der Waals surface area (Å²) in [6.45, 7) is 0. The van der Waals surface area contributed by atoms with E-state index in [1.807, 2.05) is 7.05 Å². The molecule has 0 spiro atoms. The van der Waals surface area contributed by atoms with Crippen LogP contribution in [0.1, 0.15) is 51.4 Å². The van der Waals surface area contributed by atoms with Crippen molar-refractivity contribution in [2.24, 2.45) is 5.92 Å². The summed E-state index contributed by atoms with van der Waals surface area (Å²) in [4.78, 5) is 12.1. The molecule has 2 aliphatic rings. The summed E-state index contributed by atoms with van der Waals surface area (Å²) in [5.41, 5.74) is 0. The quantitative estimate of drug-likeness (QED) is 0.830. The van der Waals surface area contributed by atoms with Crippen molar-refractivity contribution in [3.63, 3.8) is 0 Å². The third-order valence-corrected chi connectivity index (χ3v) is 4.57. The second-order valence-electron chi connectivity index (χ2n) is 5.98. The minimum absolute atomic E-state index is 0.0107. The zero-order chi connectivity index (χ0) is 13.9. The van der Waals surface area contributed by atoms with Crippen molar-refractivity contribution in [1.29, 1.82) is 0 Å². The number of amides is 1. The van der Waals surface area contributed by atoms with Crippen molar-refractivity contribution in [2.75, 3.05) is 7.05 Å². The van der Waals surface area contributed by atoms with E-state index < -0.39 is 5.92 Å². The van der Waals surface area contributed by atoms with Gasteiger partial charge in [-0.2, -0.15) is 0 Å². The van der Waals surface area contributed by atoms with Crippen LogP contribution in [0.5, 0.6) is 0 Å². The fraction of sp³-hybridized carbons (Fsp3) is 0.929. The maximum Gasteiger partial charge on any atom is 0.248 e. The summed E-state index contributed by atoms with van der Waals surface area (Å²) >= 11 is 0. The van der Waals surface area contributed by atoms with Gasteiger partial charge in [0.15, 0.2) is 0 Å². The number of alkyl halides is 2. The lowest BCUT2D eigenvalue weighted by molar-refractivity contribution is -0.130. The molecule has 1 amide bonds. The lowest BCUT2D eigenvalue weighted by Gasteiger charge is -2.32. The molecule has 2 fully saturated rings. The Labute approximate surface area is 113 Å². The van der Waals surface area contributed by atoms with E-state index in [1.54, 1.807) is 0 Å². The highest BCUT2D eigenvalue weighted by atomic mass is 19.3.